The summed E-state index contributed by atoms with van der Waals surface area (Å²) in [7, 11) is -3.43. The van der Waals surface area contributed by atoms with Crippen LogP contribution >= 0.6 is 19.2 Å². The van der Waals surface area contributed by atoms with Crippen molar-refractivity contribution in [3.8, 4) is 0 Å². The van der Waals surface area contributed by atoms with E-state index in [0.29, 0.717) is 16.3 Å². The Labute approximate surface area is 198 Å². The van der Waals surface area contributed by atoms with Crippen LogP contribution in [-0.4, -0.2) is 49.7 Å². The molecular formula is C22H30ClN4O5P. The molecule has 3 heterocycles. The molecule has 2 saturated carbocycles. The van der Waals surface area contributed by atoms with E-state index in [1.165, 1.54) is 6.33 Å². The van der Waals surface area contributed by atoms with Crippen LogP contribution in [0, 0.1) is 11.3 Å². The van der Waals surface area contributed by atoms with Crippen LogP contribution in [0.5, 0.6) is 0 Å². The SMILES string of the molecule is CC(C)OP(=O)(/C=C/C12C[C@@H]1[C@@H](n1cnc3c(Cl)ncnc31)[C@@H]1OC(C)(C)O[C@@H]12)OC(C)C. The minimum atomic E-state index is -3.43. The summed E-state index contributed by atoms with van der Waals surface area (Å²) in [5.74, 6) is 1.07. The van der Waals surface area contributed by atoms with Crippen LogP contribution in [0.25, 0.3) is 11.2 Å². The summed E-state index contributed by atoms with van der Waals surface area (Å²) in [5.41, 5.74) is 0.880. The van der Waals surface area contributed by atoms with E-state index in [2.05, 4.69) is 15.0 Å². The minimum Gasteiger partial charge on any atom is -0.344 e. The first-order chi connectivity index (χ1) is 15.4. The Kier molecular flexibility index (Phi) is 5.55. The van der Waals surface area contributed by atoms with E-state index in [0.717, 1.165) is 6.42 Å². The fraction of sp³-hybridized carbons (Fsp3) is 0.682. The molecule has 33 heavy (non-hydrogen) atoms. The van der Waals surface area contributed by atoms with E-state index in [1.54, 1.807) is 12.1 Å². The average molecular weight is 497 g/mol. The molecule has 3 fully saturated rings. The fourth-order valence-electron chi connectivity index (χ4n) is 5.36. The summed E-state index contributed by atoms with van der Waals surface area (Å²) < 4.78 is 39.7. The number of imidazole rings is 1. The highest BCUT2D eigenvalue weighted by Crippen LogP contribution is 2.73. The van der Waals surface area contributed by atoms with Crippen LogP contribution in [-0.2, 0) is 23.1 Å². The molecule has 0 N–H and O–H groups in total. The molecule has 5 atom stereocenters. The maximum atomic E-state index is 13.4. The maximum absolute atomic E-state index is 13.4. The third kappa shape index (κ3) is 3.97. The lowest BCUT2D eigenvalue weighted by Gasteiger charge is -2.24. The monoisotopic (exact) mass is 496 g/mol. The van der Waals surface area contributed by atoms with Gasteiger partial charge in [-0.05, 0) is 53.9 Å². The van der Waals surface area contributed by atoms with Crippen LogP contribution < -0.4 is 0 Å². The van der Waals surface area contributed by atoms with Crippen molar-refractivity contribution < 1.29 is 23.1 Å². The Morgan fingerprint density at radius 1 is 1.18 bits per heavy atom. The molecule has 11 heteroatoms. The summed E-state index contributed by atoms with van der Waals surface area (Å²) in [6.45, 7) is 11.2. The number of ether oxygens (including phenoxy) is 2. The summed E-state index contributed by atoms with van der Waals surface area (Å²) in [6, 6.07) is -0.0613. The zero-order valence-electron chi connectivity index (χ0n) is 19.6. The van der Waals surface area contributed by atoms with Crippen LogP contribution in [0.3, 0.4) is 0 Å². The molecule has 1 aliphatic heterocycles. The van der Waals surface area contributed by atoms with Gasteiger partial charge < -0.3 is 23.1 Å². The van der Waals surface area contributed by atoms with Gasteiger partial charge in [0.05, 0.1) is 30.7 Å². The second-order valence-corrected chi connectivity index (χ2v) is 12.2. The highest BCUT2D eigenvalue weighted by molar-refractivity contribution is 7.57. The molecule has 2 aromatic heterocycles. The van der Waals surface area contributed by atoms with Crippen molar-refractivity contribution in [2.24, 2.45) is 11.3 Å². The summed E-state index contributed by atoms with van der Waals surface area (Å²) >= 11 is 6.24. The van der Waals surface area contributed by atoms with Gasteiger partial charge >= 0.3 is 7.60 Å². The maximum Gasteiger partial charge on any atom is 0.354 e. The van der Waals surface area contributed by atoms with Gasteiger partial charge in [-0.2, -0.15) is 0 Å². The first kappa shape index (κ1) is 23.4. The number of hydrogen-bond acceptors (Lipinski definition) is 8. The van der Waals surface area contributed by atoms with Gasteiger partial charge in [-0.25, -0.2) is 15.0 Å². The molecule has 0 aromatic carbocycles. The van der Waals surface area contributed by atoms with Crippen LogP contribution in [0.2, 0.25) is 5.15 Å². The fourth-order valence-corrected chi connectivity index (χ4v) is 7.37. The first-order valence-electron chi connectivity index (χ1n) is 11.3. The Morgan fingerprint density at radius 2 is 1.88 bits per heavy atom. The van der Waals surface area contributed by atoms with Crippen LogP contribution in [0.4, 0.5) is 0 Å². The topological polar surface area (TPSA) is 97.6 Å². The van der Waals surface area contributed by atoms with Crippen LogP contribution in [0.1, 0.15) is 54.0 Å². The number of aromatic nitrogens is 4. The first-order valence-corrected chi connectivity index (χ1v) is 13.3. The molecule has 180 valence electrons. The summed E-state index contributed by atoms with van der Waals surface area (Å²) in [6.07, 6.45) is 5.13. The highest BCUT2D eigenvalue weighted by Gasteiger charge is 2.75. The predicted octanol–water partition coefficient (Wildman–Crippen LogP) is 5.12. The largest absolute Gasteiger partial charge is 0.354 e. The van der Waals surface area contributed by atoms with E-state index in [-0.39, 0.29) is 41.8 Å². The van der Waals surface area contributed by atoms with Crippen molar-refractivity contribution in [3.63, 3.8) is 0 Å². The number of hydrogen-bond donors (Lipinski definition) is 0. The van der Waals surface area contributed by atoms with Crippen molar-refractivity contribution in [2.45, 2.75) is 84.2 Å². The lowest BCUT2D eigenvalue weighted by atomic mass is 9.99. The quantitative estimate of drug-likeness (QED) is 0.385. The van der Waals surface area contributed by atoms with Crippen LogP contribution in [0.15, 0.2) is 24.5 Å². The number of halogens is 1. The second-order valence-electron chi connectivity index (χ2n) is 10.1. The Hall–Kier alpha value is -1.35. The molecule has 1 saturated heterocycles. The Balaban J connectivity index is 1.52. The van der Waals surface area contributed by atoms with Gasteiger partial charge in [-0.3, -0.25) is 4.57 Å². The molecule has 0 spiro atoms. The second kappa shape index (κ2) is 7.83. The third-order valence-corrected chi connectivity index (χ3v) is 8.65. The van der Waals surface area contributed by atoms with E-state index >= 15 is 0 Å². The number of nitrogens with zero attached hydrogens (tertiary/aromatic N) is 4. The van der Waals surface area contributed by atoms with Crippen molar-refractivity contribution in [1.82, 2.24) is 19.5 Å². The lowest BCUT2D eigenvalue weighted by molar-refractivity contribution is -0.159. The molecule has 9 nitrogen and oxygen atoms in total. The van der Waals surface area contributed by atoms with Gasteiger partial charge in [-0.15, -0.1) is 0 Å². The molecule has 2 aromatic rings. The molecule has 0 amide bonds. The van der Waals surface area contributed by atoms with Crippen molar-refractivity contribution in [1.29, 1.82) is 0 Å². The molecular weight excluding hydrogens is 467 g/mol. The van der Waals surface area contributed by atoms with E-state index in [1.807, 2.05) is 52.2 Å². The molecule has 5 rings (SSSR count). The van der Waals surface area contributed by atoms with Crippen molar-refractivity contribution in [2.75, 3.05) is 0 Å². The third-order valence-electron chi connectivity index (χ3n) is 6.43. The molecule has 0 bridgehead atoms. The predicted molar refractivity (Wildman–Crippen MR) is 123 cm³/mol. The average Bonchev–Trinajstić information content (AvgIpc) is 2.95. The van der Waals surface area contributed by atoms with Crippen molar-refractivity contribution in [3.05, 3.63) is 29.7 Å². The summed E-state index contributed by atoms with van der Waals surface area (Å²) in [5, 5.41) is 0.316. The molecule has 1 unspecified atom stereocenters. The lowest BCUT2D eigenvalue weighted by Crippen LogP contribution is -2.31. The Morgan fingerprint density at radius 3 is 2.55 bits per heavy atom. The van der Waals surface area contributed by atoms with E-state index < -0.39 is 13.4 Å². The highest BCUT2D eigenvalue weighted by atomic mass is 35.5. The zero-order valence-corrected chi connectivity index (χ0v) is 21.3. The molecule has 0 radical (unpaired) electrons. The molecule has 2 aliphatic carbocycles. The van der Waals surface area contributed by atoms with Gasteiger partial charge in [0.15, 0.2) is 16.6 Å². The number of rotatable bonds is 7. The smallest absolute Gasteiger partial charge is 0.344 e. The summed E-state index contributed by atoms with van der Waals surface area (Å²) in [4.78, 5) is 12.9. The van der Waals surface area contributed by atoms with Crippen molar-refractivity contribution >= 4 is 30.4 Å². The van der Waals surface area contributed by atoms with Gasteiger partial charge in [0, 0.05) is 11.2 Å². The standard InChI is InChI=1S/C22H30ClN4O5P/c1-12(2)31-33(28,32-13(3)4)8-7-22-9-14(22)16(17-18(22)30-21(5,6)29-17)27-11-26-15-19(23)24-10-25-20(15)27/h7-8,10-14,16-18H,9H2,1-6H3/b8-7+/t14-,16-,17+,18+,22?/m1/s1. The normalized spacial score (nSPS) is 32.9. The van der Waals surface area contributed by atoms with Gasteiger partial charge in [-0.1, -0.05) is 17.7 Å². The van der Waals surface area contributed by atoms with Gasteiger partial charge in [0.25, 0.3) is 0 Å². The zero-order chi connectivity index (χ0) is 23.8. The van der Waals surface area contributed by atoms with Gasteiger partial charge in [0.1, 0.15) is 17.9 Å². The number of fused-ring (bicyclic) bond motifs is 4. The van der Waals surface area contributed by atoms with E-state index in [4.69, 9.17) is 30.1 Å². The van der Waals surface area contributed by atoms with Gasteiger partial charge in [0.2, 0.25) is 0 Å². The molecule has 3 aliphatic rings. The Bertz CT molecular complexity index is 1140. The minimum absolute atomic E-state index is 0.0613. The van der Waals surface area contributed by atoms with E-state index in [9.17, 15) is 4.57 Å².